The van der Waals surface area contributed by atoms with E-state index in [9.17, 15) is 8.42 Å². The summed E-state index contributed by atoms with van der Waals surface area (Å²) in [5, 5.41) is 6.18. The molecule has 0 aromatic heterocycles. The van der Waals surface area contributed by atoms with Crippen LogP contribution in [-0.4, -0.2) is 47.4 Å². The molecule has 0 radical (unpaired) electrons. The average molecular weight is 328 g/mol. The molecule has 8 heteroatoms. The van der Waals surface area contributed by atoms with Crippen molar-refractivity contribution in [2.24, 2.45) is 4.99 Å². The third-order valence-corrected chi connectivity index (χ3v) is 3.41. The Labute approximate surface area is 132 Å². The molecule has 0 spiro atoms. The van der Waals surface area contributed by atoms with E-state index in [1.807, 2.05) is 31.2 Å². The number of hydrogen-bond acceptors (Lipinski definition) is 4. The molecule has 0 saturated heterocycles. The summed E-state index contributed by atoms with van der Waals surface area (Å²) >= 11 is 0. The maximum atomic E-state index is 11.0. The molecular weight excluding hydrogens is 304 g/mol. The van der Waals surface area contributed by atoms with Crippen LogP contribution in [0.4, 0.5) is 0 Å². The van der Waals surface area contributed by atoms with E-state index in [2.05, 4.69) is 20.3 Å². The third kappa shape index (κ3) is 7.84. The Morgan fingerprint density at radius 2 is 2.05 bits per heavy atom. The van der Waals surface area contributed by atoms with Crippen molar-refractivity contribution < 1.29 is 13.2 Å². The number of nitrogens with zero attached hydrogens (tertiary/aromatic N) is 1. The lowest BCUT2D eigenvalue weighted by atomic mass is 10.2. The van der Waals surface area contributed by atoms with Gasteiger partial charge < -0.3 is 15.4 Å². The molecule has 0 aliphatic carbocycles. The molecule has 0 atom stereocenters. The molecule has 3 N–H and O–H groups in total. The van der Waals surface area contributed by atoms with Gasteiger partial charge in [0.2, 0.25) is 10.0 Å². The van der Waals surface area contributed by atoms with E-state index in [4.69, 9.17) is 4.74 Å². The van der Waals surface area contributed by atoms with Gasteiger partial charge in [-0.3, -0.25) is 0 Å². The molecule has 22 heavy (non-hydrogen) atoms. The molecule has 0 unspecified atom stereocenters. The third-order valence-electron chi connectivity index (χ3n) is 2.68. The predicted molar refractivity (Wildman–Crippen MR) is 88.7 cm³/mol. The summed E-state index contributed by atoms with van der Waals surface area (Å²) in [7, 11) is -1.53. The molecular formula is C14H24N4O3S. The number of guanidine groups is 1. The smallest absolute Gasteiger partial charge is 0.208 e. The highest BCUT2D eigenvalue weighted by Gasteiger charge is 2.01. The van der Waals surface area contributed by atoms with Gasteiger partial charge in [-0.2, -0.15) is 0 Å². The Morgan fingerprint density at radius 1 is 1.27 bits per heavy atom. The molecule has 0 amide bonds. The van der Waals surface area contributed by atoms with Crippen molar-refractivity contribution in [1.82, 2.24) is 15.4 Å². The lowest BCUT2D eigenvalue weighted by Gasteiger charge is -2.11. The zero-order valence-corrected chi connectivity index (χ0v) is 14.0. The van der Waals surface area contributed by atoms with Crippen LogP contribution < -0.4 is 20.1 Å². The number of ether oxygens (including phenoxy) is 1. The zero-order valence-electron chi connectivity index (χ0n) is 13.2. The minimum atomic E-state index is -3.16. The molecule has 124 valence electrons. The highest BCUT2D eigenvalue weighted by molar-refractivity contribution is 7.88. The van der Waals surface area contributed by atoms with Gasteiger partial charge in [0.05, 0.1) is 19.9 Å². The Morgan fingerprint density at radius 3 is 2.68 bits per heavy atom. The molecule has 1 aromatic carbocycles. The quantitative estimate of drug-likeness (QED) is 0.363. The molecule has 1 aromatic rings. The first kappa shape index (κ1) is 18.2. The molecule has 0 aliphatic rings. The first-order valence-electron chi connectivity index (χ1n) is 7.04. The topological polar surface area (TPSA) is 91.8 Å². The summed E-state index contributed by atoms with van der Waals surface area (Å²) in [4.78, 5) is 4.45. The molecule has 0 aliphatic heterocycles. The predicted octanol–water partition coefficient (Wildman–Crippen LogP) is 0.300. The van der Waals surface area contributed by atoms with Crippen LogP contribution in [0.25, 0.3) is 0 Å². The fraction of sp³-hybridized carbons (Fsp3) is 0.500. The van der Waals surface area contributed by atoms with Crippen molar-refractivity contribution in [3.8, 4) is 5.75 Å². The van der Waals surface area contributed by atoms with Gasteiger partial charge in [0.15, 0.2) is 5.96 Å². The van der Waals surface area contributed by atoms with Gasteiger partial charge >= 0.3 is 0 Å². The van der Waals surface area contributed by atoms with E-state index in [-0.39, 0.29) is 0 Å². The number of nitrogens with one attached hydrogen (secondary N) is 3. The van der Waals surface area contributed by atoms with Gasteiger partial charge in [-0.1, -0.05) is 12.1 Å². The number of aliphatic imine (C=N–C) groups is 1. The van der Waals surface area contributed by atoms with Crippen LogP contribution in [0.2, 0.25) is 0 Å². The standard InChI is InChI=1S/C14H24N4O3S/c1-4-15-14(16-8-9-18-22(3,19)20)17-11-12-6-5-7-13(10-12)21-2/h5-7,10,18H,4,8-9,11H2,1-3H3,(H2,15,16,17). The van der Waals surface area contributed by atoms with E-state index in [1.54, 1.807) is 7.11 Å². The van der Waals surface area contributed by atoms with Crippen molar-refractivity contribution in [2.75, 3.05) is 33.0 Å². The van der Waals surface area contributed by atoms with Crippen LogP contribution in [-0.2, 0) is 16.6 Å². The lowest BCUT2D eigenvalue weighted by molar-refractivity contribution is 0.414. The van der Waals surface area contributed by atoms with Crippen LogP contribution in [0.3, 0.4) is 0 Å². The molecule has 0 saturated carbocycles. The Hall–Kier alpha value is -1.80. The van der Waals surface area contributed by atoms with Crippen molar-refractivity contribution in [2.45, 2.75) is 13.5 Å². The van der Waals surface area contributed by atoms with E-state index in [1.165, 1.54) is 0 Å². The van der Waals surface area contributed by atoms with E-state index in [0.717, 1.165) is 24.1 Å². The molecule has 1 rings (SSSR count). The SMILES string of the molecule is CCNC(=NCc1cccc(OC)c1)NCCNS(C)(=O)=O. The van der Waals surface area contributed by atoms with Gasteiger partial charge in [0, 0.05) is 19.6 Å². The first-order valence-corrected chi connectivity index (χ1v) is 8.93. The van der Waals surface area contributed by atoms with Gasteiger partial charge in [0.1, 0.15) is 5.75 Å². The highest BCUT2D eigenvalue weighted by atomic mass is 32.2. The Balaban J connectivity index is 2.53. The summed E-state index contributed by atoms with van der Waals surface area (Å²) in [6.07, 6.45) is 1.13. The summed E-state index contributed by atoms with van der Waals surface area (Å²) in [5.74, 6) is 1.43. The second-order valence-electron chi connectivity index (χ2n) is 4.64. The fourth-order valence-electron chi connectivity index (χ4n) is 1.70. The first-order chi connectivity index (χ1) is 10.4. The number of benzene rings is 1. The van der Waals surface area contributed by atoms with Crippen molar-refractivity contribution >= 4 is 16.0 Å². The van der Waals surface area contributed by atoms with Gasteiger partial charge in [-0.05, 0) is 24.6 Å². The van der Waals surface area contributed by atoms with Gasteiger partial charge in [0.25, 0.3) is 0 Å². The number of sulfonamides is 1. The van der Waals surface area contributed by atoms with Crippen LogP contribution in [0.5, 0.6) is 5.75 Å². The Bertz CT molecular complexity index is 588. The maximum Gasteiger partial charge on any atom is 0.208 e. The summed E-state index contributed by atoms with van der Waals surface area (Å²) in [6.45, 7) is 3.96. The molecule has 0 bridgehead atoms. The summed E-state index contributed by atoms with van der Waals surface area (Å²) < 4.78 is 29.5. The largest absolute Gasteiger partial charge is 0.497 e. The summed E-state index contributed by atoms with van der Waals surface area (Å²) in [5.41, 5.74) is 1.03. The highest BCUT2D eigenvalue weighted by Crippen LogP contribution is 2.12. The molecule has 0 heterocycles. The van der Waals surface area contributed by atoms with Crippen LogP contribution in [0, 0.1) is 0 Å². The number of methoxy groups -OCH3 is 1. The minimum absolute atomic E-state index is 0.308. The molecule has 7 nitrogen and oxygen atoms in total. The van der Waals surface area contributed by atoms with Crippen molar-refractivity contribution in [3.63, 3.8) is 0 Å². The normalized spacial score (nSPS) is 12.0. The zero-order chi connectivity index (χ0) is 16.4. The lowest BCUT2D eigenvalue weighted by Crippen LogP contribution is -2.41. The van der Waals surface area contributed by atoms with Crippen molar-refractivity contribution in [3.05, 3.63) is 29.8 Å². The monoisotopic (exact) mass is 328 g/mol. The maximum absolute atomic E-state index is 11.0. The minimum Gasteiger partial charge on any atom is -0.497 e. The number of hydrogen-bond donors (Lipinski definition) is 3. The van der Waals surface area contributed by atoms with E-state index < -0.39 is 10.0 Å². The van der Waals surface area contributed by atoms with Crippen LogP contribution in [0.15, 0.2) is 29.3 Å². The van der Waals surface area contributed by atoms with Crippen LogP contribution in [0.1, 0.15) is 12.5 Å². The fourth-order valence-corrected chi connectivity index (χ4v) is 2.17. The van der Waals surface area contributed by atoms with Crippen molar-refractivity contribution in [1.29, 1.82) is 0 Å². The van der Waals surface area contributed by atoms with Gasteiger partial charge in [-0.15, -0.1) is 0 Å². The summed E-state index contributed by atoms with van der Waals surface area (Å²) in [6, 6.07) is 7.70. The Kier molecular flexibility index (Phi) is 7.69. The van der Waals surface area contributed by atoms with Crippen LogP contribution >= 0.6 is 0 Å². The number of rotatable bonds is 8. The second kappa shape index (κ2) is 9.26. The average Bonchev–Trinajstić information content (AvgIpc) is 2.48. The van der Waals surface area contributed by atoms with E-state index in [0.29, 0.717) is 25.6 Å². The van der Waals surface area contributed by atoms with E-state index >= 15 is 0 Å². The molecule has 0 fully saturated rings. The van der Waals surface area contributed by atoms with Gasteiger partial charge in [-0.25, -0.2) is 18.1 Å². The second-order valence-corrected chi connectivity index (χ2v) is 6.47.